The summed E-state index contributed by atoms with van der Waals surface area (Å²) in [6.07, 6.45) is 4.00. The van der Waals surface area contributed by atoms with E-state index in [2.05, 4.69) is 22.9 Å². The molecule has 0 saturated carbocycles. The van der Waals surface area contributed by atoms with Crippen molar-refractivity contribution in [3.8, 4) is 0 Å². The summed E-state index contributed by atoms with van der Waals surface area (Å²) in [5, 5.41) is 3.24. The second-order valence-electron chi connectivity index (χ2n) is 6.73. The quantitative estimate of drug-likeness (QED) is 0.317. The van der Waals surface area contributed by atoms with Gasteiger partial charge in [-0.3, -0.25) is 9.69 Å². The Hall–Kier alpha value is -2.89. The maximum Gasteiger partial charge on any atom is 0.270 e. The molecule has 1 aliphatic heterocycles. The van der Waals surface area contributed by atoms with Crippen molar-refractivity contribution in [1.29, 1.82) is 0 Å². The van der Waals surface area contributed by atoms with Gasteiger partial charge in [-0.05, 0) is 23.6 Å². The van der Waals surface area contributed by atoms with Crippen LogP contribution in [0.5, 0.6) is 0 Å². The zero-order valence-corrected chi connectivity index (χ0v) is 16.8. The van der Waals surface area contributed by atoms with Crippen LogP contribution in [0.1, 0.15) is 5.56 Å². The minimum Gasteiger partial charge on any atom is -0.350 e. The molecule has 5 rings (SSSR count). The van der Waals surface area contributed by atoms with Gasteiger partial charge in [0, 0.05) is 35.1 Å². The van der Waals surface area contributed by atoms with Gasteiger partial charge >= 0.3 is 0 Å². The summed E-state index contributed by atoms with van der Waals surface area (Å²) >= 11 is 6.94. The van der Waals surface area contributed by atoms with Crippen molar-refractivity contribution in [2.24, 2.45) is 7.05 Å². The summed E-state index contributed by atoms with van der Waals surface area (Å²) in [4.78, 5) is 15.5. The summed E-state index contributed by atoms with van der Waals surface area (Å²) in [6, 6.07) is 22.2. The molecule has 4 aromatic rings. The monoisotopic (exact) mass is 400 g/mol. The SMILES string of the molecule is Cn1cc(/C=C2\SC(=S)N(c3cccc4ccccc34)C2=O)c2ccccc21. The molecule has 0 aliphatic carbocycles. The second-order valence-corrected chi connectivity index (χ2v) is 8.40. The van der Waals surface area contributed by atoms with Crippen LogP contribution in [0.3, 0.4) is 0 Å². The van der Waals surface area contributed by atoms with Gasteiger partial charge in [0.1, 0.15) is 0 Å². The Morgan fingerprint density at radius 1 is 0.929 bits per heavy atom. The van der Waals surface area contributed by atoms with Crippen LogP contribution in [0.25, 0.3) is 27.8 Å². The van der Waals surface area contributed by atoms with E-state index in [1.807, 2.05) is 67.7 Å². The predicted molar refractivity (Wildman–Crippen MR) is 123 cm³/mol. The highest BCUT2D eigenvalue weighted by molar-refractivity contribution is 8.27. The number of anilines is 1. The summed E-state index contributed by atoms with van der Waals surface area (Å²) in [7, 11) is 2.01. The van der Waals surface area contributed by atoms with E-state index in [1.165, 1.54) is 11.8 Å². The number of nitrogens with zero attached hydrogens (tertiary/aromatic N) is 2. The molecule has 28 heavy (non-hydrogen) atoms. The Morgan fingerprint density at radius 3 is 2.50 bits per heavy atom. The van der Waals surface area contributed by atoms with Gasteiger partial charge in [-0.2, -0.15) is 0 Å². The van der Waals surface area contributed by atoms with Gasteiger partial charge in [-0.1, -0.05) is 78.6 Å². The molecule has 1 amide bonds. The largest absolute Gasteiger partial charge is 0.350 e. The Labute approximate surface area is 172 Å². The number of benzene rings is 3. The van der Waals surface area contributed by atoms with Crippen LogP contribution >= 0.6 is 24.0 Å². The topological polar surface area (TPSA) is 25.2 Å². The minimum atomic E-state index is -0.0701. The molecule has 0 bridgehead atoms. The highest BCUT2D eigenvalue weighted by atomic mass is 32.2. The fourth-order valence-electron chi connectivity index (χ4n) is 3.71. The third-order valence-corrected chi connectivity index (χ3v) is 6.32. The standard InChI is InChI=1S/C23H16N2OS2/c1-24-14-16(18-10-4-5-11-19(18)24)13-21-22(26)25(23(27)28-21)20-12-6-8-15-7-2-3-9-17(15)20/h2-14H,1H3/b21-13-. The molecule has 0 radical (unpaired) electrons. The van der Waals surface area contributed by atoms with E-state index < -0.39 is 0 Å². The van der Waals surface area contributed by atoms with E-state index in [-0.39, 0.29) is 5.91 Å². The molecular formula is C23H16N2OS2. The number of amides is 1. The number of fused-ring (bicyclic) bond motifs is 2. The van der Waals surface area contributed by atoms with Crippen LogP contribution in [0.2, 0.25) is 0 Å². The lowest BCUT2D eigenvalue weighted by Gasteiger charge is -2.17. The first kappa shape index (κ1) is 17.2. The number of aromatic nitrogens is 1. The van der Waals surface area contributed by atoms with E-state index >= 15 is 0 Å². The van der Waals surface area contributed by atoms with Crippen molar-refractivity contribution in [3.63, 3.8) is 0 Å². The molecule has 1 aliphatic rings. The highest BCUT2D eigenvalue weighted by Crippen LogP contribution is 2.39. The third kappa shape index (κ3) is 2.66. The number of hydrogen-bond acceptors (Lipinski definition) is 3. The average molecular weight is 401 g/mol. The molecule has 0 N–H and O–H groups in total. The second kappa shape index (κ2) is 6.62. The van der Waals surface area contributed by atoms with Crippen LogP contribution in [-0.4, -0.2) is 14.8 Å². The summed E-state index contributed by atoms with van der Waals surface area (Å²) < 4.78 is 2.64. The van der Waals surface area contributed by atoms with Crippen molar-refractivity contribution in [3.05, 3.63) is 83.4 Å². The zero-order chi connectivity index (χ0) is 19.3. The fourth-order valence-corrected chi connectivity index (χ4v) is 4.98. The number of thiocarbonyl (C=S) groups is 1. The minimum absolute atomic E-state index is 0.0701. The van der Waals surface area contributed by atoms with E-state index in [0.717, 1.165) is 32.9 Å². The molecule has 2 heterocycles. The zero-order valence-electron chi connectivity index (χ0n) is 15.1. The highest BCUT2D eigenvalue weighted by Gasteiger charge is 2.34. The number of para-hydroxylation sites is 1. The molecule has 1 fully saturated rings. The number of rotatable bonds is 2. The molecule has 3 aromatic carbocycles. The van der Waals surface area contributed by atoms with Crippen molar-refractivity contribution >= 4 is 67.6 Å². The lowest BCUT2D eigenvalue weighted by molar-refractivity contribution is -0.113. The molecule has 0 atom stereocenters. The Morgan fingerprint density at radius 2 is 1.64 bits per heavy atom. The number of hydrogen-bond donors (Lipinski definition) is 0. The molecule has 136 valence electrons. The number of carbonyl (C=O) groups is 1. The molecule has 1 saturated heterocycles. The summed E-state index contributed by atoms with van der Waals surface area (Å²) in [5.41, 5.74) is 3.00. The number of thioether (sulfide) groups is 1. The van der Waals surface area contributed by atoms with E-state index in [0.29, 0.717) is 9.23 Å². The lowest BCUT2D eigenvalue weighted by Crippen LogP contribution is -2.27. The van der Waals surface area contributed by atoms with Crippen LogP contribution in [0, 0.1) is 0 Å². The van der Waals surface area contributed by atoms with Crippen LogP contribution in [-0.2, 0) is 11.8 Å². The number of aryl methyl sites for hydroxylation is 1. The molecule has 0 unspecified atom stereocenters. The van der Waals surface area contributed by atoms with Gasteiger partial charge in [0.2, 0.25) is 0 Å². The first-order valence-electron chi connectivity index (χ1n) is 8.93. The maximum absolute atomic E-state index is 13.2. The maximum atomic E-state index is 13.2. The van der Waals surface area contributed by atoms with E-state index in [4.69, 9.17) is 12.2 Å². The van der Waals surface area contributed by atoms with Crippen LogP contribution < -0.4 is 4.90 Å². The number of carbonyl (C=O) groups excluding carboxylic acids is 1. The van der Waals surface area contributed by atoms with Crippen LogP contribution in [0.4, 0.5) is 5.69 Å². The van der Waals surface area contributed by atoms with Crippen molar-refractivity contribution in [2.45, 2.75) is 0 Å². The van der Waals surface area contributed by atoms with Crippen molar-refractivity contribution < 1.29 is 4.79 Å². The lowest BCUT2D eigenvalue weighted by atomic mass is 10.1. The summed E-state index contributed by atoms with van der Waals surface area (Å²) in [5.74, 6) is -0.0701. The normalized spacial score (nSPS) is 16.0. The van der Waals surface area contributed by atoms with Crippen LogP contribution in [0.15, 0.2) is 77.8 Å². The van der Waals surface area contributed by atoms with E-state index in [9.17, 15) is 4.79 Å². The van der Waals surface area contributed by atoms with Gasteiger partial charge in [-0.15, -0.1) is 0 Å². The predicted octanol–water partition coefficient (Wildman–Crippen LogP) is 5.74. The Bertz CT molecular complexity index is 1300. The van der Waals surface area contributed by atoms with Gasteiger partial charge in [0.05, 0.1) is 10.6 Å². The van der Waals surface area contributed by atoms with Crippen molar-refractivity contribution in [1.82, 2.24) is 4.57 Å². The third-order valence-electron chi connectivity index (χ3n) is 5.02. The Balaban J connectivity index is 1.60. The first-order valence-corrected chi connectivity index (χ1v) is 10.2. The first-order chi connectivity index (χ1) is 13.6. The fraction of sp³-hybridized carbons (Fsp3) is 0.0435. The van der Waals surface area contributed by atoms with Gasteiger partial charge < -0.3 is 4.57 Å². The van der Waals surface area contributed by atoms with Gasteiger partial charge in [0.25, 0.3) is 5.91 Å². The smallest absolute Gasteiger partial charge is 0.270 e. The molecular weight excluding hydrogens is 384 g/mol. The molecule has 5 heteroatoms. The molecule has 3 nitrogen and oxygen atoms in total. The Kier molecular flexibility index (Phi) is 4.07. The van der Waals surface area contributed by atoms with E-state index in [1.54, 1.807) is 4.90 Å². The average Bonchev–Trinajstić information content (AvgIpc) is 3.18. The van der Waals surface area contributed by atoms with Gasteiger partial charge in [-0.25, -0.2) is 0 Å². The molecule has 0 spiro atoms. The van der Waals surface area contributed by atoms with Gasteiger partial charge in [0.15, 0.2) is 4.32 Å². The van der Waals surface area contributed by atoms with Crippen molar-refractivity contribution in [2.75, 3.05) is 4.90 Å². The molecule has 1 aromatic heterocycles. The summed E-state index contributed by atoms with van der Waals surface area (Å²) in [6.45, 7) is 0.